The number of hydrogen-bond acceptors (Lipinski definition) is 4. The van der Waals surface area contributed by atoms with Gasteiger partial charge in [-0.1, -0.05) is 12.1 Å². The van der Waals surface area contributed by atoms with Gasteiger partial charge in [-0.3, -0.25) is 14.6 Å². The second-order valence-corrected chi connectivity index (χ2v) is 6.34. The highest BCUT2D eigenvalue weighted by atomic mass is 19.1. The Morgan fingerprint density at radius 2 is 2.08 bits per heavy atom. The van der Waals surface area contributed by atoms with Crippen LogP contribution in [0.5, 0.6) is 0 Å². The van der Waals surface area contributed by atoms with Crippen molar-refractivity contribution in [1.82, 2.24) is 15.1 Å². The maximum Gasteiger partial charge on any atom is 0.234 e. The van der Waals surface area contributed by atoms with Crippen molar-refractivity contribution in [1.29, 1.82) is 0 Å². The van der Waals surface area contributed by atoms with Crippen molar-refractivity contribution in [2.75, 3.05) is 53.0 Å². The summed E-state index contributed by atoms with van der Waals surface area (Å²) >= 11 is 0. The van der Waals surface area contributed by atoms with E-state index in [1.807, 2.05) is 0 Å². The molecule has 0 radical (unpaired) electrons. The van der Waals surface area contributed by atoms with E-state index in [0.717, 1.165) is 38.3 Å². The zero-order chi connectivity index (χ0) is 17.4. The highest BCUT2D eigenvalue weighted by molar-refractivity contribution is 5.78. The van der Waals surface area contributed by atoms with Crippen LogP contribution in [0.1, 0.15) is 12.5 Å². The summed E-state index contributed by atoms with van der Waals surface area (Å²) in [6, 6.07) is 6.83. The molecule has 1 aromatic carbocycles. The molecular weight excluding hydrogens is 309 g/mol. The lowest BCUT2D eigenvalue weighted by Crippen LogP contribution is -2.54. The van der Waals surface area contributed by atoms with Crippen LogP contribution in [0, 0.1) is 5.82 Å². The van der Waals surface area contributed by atoms with Gasteiger partial charge < -0.3 is 10.1 Å². The molecule has 0 aromatic heterocycles. The van der Waals surface area contributed by atoms with Crippen LogP contribution < -0.4 is 5.32 Å². The van der Waals surface area contributed by atoms with Crippen LogP contribution in [0.2, 0.25) is 0 Å². The summed E-state index contributed by atoms with van der Waals surface area (Å²) in [5.74, 6) is -0.184. The second-order valence-electron chi connectivity index (χ2n) is 6.34. The van der Waals surface area contributed by atoms with E-state index < -0.39 is 0 Å². The molecule has 1 heterocycles. The minimum Gasteiger partial charge on any atom is -0.383 e. The monoisotopic (exact) mass is 337 g/mol. The number of nitrogens with one attached hydrogen (secondary N) is 1. The maximum absolute atomic E-state index is 12.8. The van der Waals surface area contributed by atoms with Crippen LogP contribution in [0.3, 0.4) is 0 Å². The molecule has 1 aromatic rings. The Balaban J connectivity index is 1.65. The molecule has 24 heavy (non-hydrogen) atoms. The van der Waals surface area contributed by atoms with E-state index in [9.17, 15) is 9.18 Å². The molecule has 2 rings (SSSR count). The van der Waals surface area contributed by atoms with E-state index in [2.05, 4.69) is 22.0 Å². The Morgan fingerprint density at radius 3 is 2.75 bits per heavy atom. The van der Waals surface area contributed by atoms with Gasteiger partial charge in [-0.25, -0.2) is 4.39 Å². The van der Waals surface area contributed by atoms with Gasteiger partial charge in [-0.15, -0.1) is 0 Å². The number of carbonyl (C=O) groups is 1. The first-order valence-corrected chi connectivity index (χ1v) is 8.55. The fraction of sp³-hybridized carbons (Fsp3) is 0.611. The number of carbonyl (C=O) groups excluding carboxylic acids is 1. The van der Waals surface area contributed by atoms with Gasteiger partial charge in [0.05, 0.1) is 13.2 Å². The summed E-state index contributed by atoms with van der Waals surface area (Å²) in [6.45, 7) is 7.65. The first-order chi connectivity index (χ1) is 11.6. The third-order valence-electron chi connectivity index (χ3n) is 4.45. The molecule has 0 bridgehead atoms. The number of benzene rings is 1. The summed E-state index contributed by atoms with van der Waals surface area (Å²) in [7, 11) is 1.72. The van der Waals surface area contributed by atoms with Gasteiger partial charge in [0.15, 0.2) is 0 Å². The highest BCUT2D eigenvalue weighted by Gasteiger charge is 2.24. The van der Waals surface area contributed by atoms with E-state index in [1.165, 1.54) is 12.1 Å². The predicted octanol–water partition coefficient (Wildman–Crippen LogP) is 1.14. The van der Waals surface area contributed by atoms with Gasteiger partial charge in [0.2, 0.25) is 5.91 Å². The van der Waals surface area contributed by atoms with Gasteiger partial charge >= 0.3 is 0 Å². The summed E-state index contributed by atoms with van der Waals surface area (Å²) in [5, 5.41) is 2.95. The second kappa shape index (κ2) is 9.71. The Kier molecular flexibility index (Phi) is 7.62. The fourth-order valence-electron chi connectivity index (χ4n) is 3.01. The van der Waals surface area contributed by atoms with Gasteiger partial charge in [-0.2, -0.15) is 0 Å². The SMILES string of the molecule is COCCN1CCN(CC(=O)NCCc2ccc(F)cc2)CC1C. The Bertz CT molecular complexity index is 509. The molecule has 1 saturated heterocycles. The maximum atomic E-state index is 12.8. The van der Waals surface area contributed by atoms with Gasteiger partial charge in [0, 0.05) is 45.9 Å². The first kappa shape index (κ1) is 18.8. The number of amides is 1. The molecule has 1 amide bonds. The van der Waals surface area contributed by atoms with E-state index in [1.54, 1.807) is 19.2 Å². The summed E-state index contributed by atoms with van der Waals surface area (Å²) in [5.41, 5.74) is 1.03. The van der Waals surface area contributed by atoms with Crippen LogP contribution in [0.15, 0.2) is 24.3 Å². The summed E-state index contributed by atoms with van der Waals surface area (Å²) in [4.78, 5) is 16.7. The molecule has 6 heteroatoms. The predicted molar refractivity (Wildman–Crippen MR) is 92.5 cm³/mol. The first-order valence-electron chi connectivity index (χ1n) is 8.55. The molecule has 1 fully saturated rings. The van der Waals surface area contributed by atoms with Crippen molar-refractivity contribution in [3.63, 3.8) is 0 Å². The molecule has 1 aliphatic rings. The molecule has 1 N–H and O–H groups in total. The van der Waals surface area contributed by atoms with Crippen LogP contribution in [-0.2, 0) is 16.0 Å². The van der Waals surface area contributed by atoms with Crippen molar-refractivity contribution in [3.05, 3.63) is 35.6 Å². The van der Waals surface area contributed by atoms with Crippen LogP contribution in [-0.4, -0.2) is 74.7 Å². The summed E-state index contributed by atoms with van der Waals surface area (Å²) < 4.78 is 18.0. The number of hydrogen-bond donors (Lipinski definition) is 1. The molecule has 5 nitrogen and oxygen atoms in total. The number of rotatable bonds is 8. The molecule has 1 unspecified atom stereocenters. The number of halogens is 1. The summed E-state index contributed by atoms with van der Waals surface area (Å²) in [6.07, 6.45) is 0.715. The topological polar surface area (TPSA) is 44.8 Å². The van der Waals surface area contributed by atoms with Crippen molar-refractivity contribution < 1.29 is 13.9 Å². The number of nitrogens with zero attached hydrogens (tertiary/aromatic N) is 2. The minimum atomic E-state index is -0.235. The third kappa shape index (κ3) is 6.19. The minimum absolute atomic E-state index is 0.0506. The lowest BCUT2D eigenvalue weighted by Gasteiger charge is -2.39. The quantitative estimate of drug-likeness (QED) is 0.773. The van der Waals surface area contributed by atoms with E-state index in [-0.39, 0.29) is 11.7 Å². The Labute approximate surface area is 143 Å². The van der Waals surface area contributed by atoms with Gasteiger partial charge in [-0.05, 0) is 31.0 Å². The number of methoxy groups -OCH3 is 1. The average molecular weight is 337 g/mol. The molecule has 0 aliphatic carbocycles. The van der Waals surface area contributed by atoms with E-state index >= 15 is 0 Å². The van der Waals surface area contributed by atoms with Crippen molar-refractivity contribution >= 4 is 5.91 Å². The molecule has 134 valence electrons. The van der Waals surface area contributed by atoms with Crippen LogP contribution in [0.4, 0.5) is 4.39 Å². The molecule has 0 saturated carbocycles. The van der Waals surface area contributed by atoms with Gasteiger partial charge in [0.1, 0.15) is 5.82 Å². The molecular formula is C18H28FN3O2. The number of piperazine rings is 1. The number of ether oxygens (including phenoxy) is 1. The van der Waals surface area contributed by atoms with E-state index in [4.69, 9.17) is 4.74 Å². The van der Waals surface area contributed by atoms with Crippen molar-refractivity contribution in [2.45, 2.75) is 19.4 Å². The normalized spacial score (nSPS) is 19.4. The Hall–Kier alpha value is -1.50. The van der Waals surface area contributed by atoms with E-state index in [0.29, 0.717) is 25.6 Å². The fourth-order valence-corrected chi connectivity index (χ4v) is 3.01. The van der Waals surface area contributed by atoms with Crippen molar-refractivity contribution in [2.24, 2.45) is 0 Å². The smallest absolute Gasteiger partial charge is 0.234 e. The third-order valence-corrected chi connectivity index (χ3v) is 4.45. The lowest BCUT2D eigenvalue weighted by molar-refractivity contribution is -0.122. The van der Waals surface area contributed by atoms with Crippen molar-refractivity contribution in [3.8, 4) is 0 Å². The lowest BCUT2D eigenvalue weighted by atomic mass is 10.1. The van der Waals surface area contributed by atoms with Gasteiger partial charge in [0.25, 0.3) is 0 Å². The zero-order valence-corrected chi connectivity index (χ0v) is 14.6. The molecule has 1 atom stereocenters. The highest BCUT2D eigenvalue weighted by Crippen LogP contribution is 2.08. The molecule has 0 spiro atoms. The zero-order valence-electron chi connectivity index (χ0n) is 14.6. The van der Waals surface area contributed by atoms with Crippen LogP contribution in [0.25, 0.3) is 0 Å². The van der Waals surface area contributed by atoms with Crippen LogP contribution >= 0.6 is 0 Å². The standard InChI is InChI=1S/C18H28FN3O2/c1-15-13-21(9-10-22(15)11-12-24-2)14-18(23)20-8-7-16-3-5-17(19)6-4-16/h3-6,15H,7-14H2,1-2H3,(H,20,23). The Morgan fingerprint density at radius 1 is 1.33 bits per heavy atom. The largest absolute Gasteiger partial charge is 0.383 e. The molecule has 1 aliphatic heterocycles. The average Bonchev–Trinajstić information content (AvgIpc) is 2.56.